The number of esters is 1. The molecule has 1 aliphatic rings. The van der Waals surface area contributed by atoms with Gasteiger partial charge >= 0.3 is 5.97 Å². The molecule has 1 unspecified atom stereocenters. The number of hydrogen-bond acceptors (Lipinski definition) is 4. The van der Waals surface area contributed by atoms with Crippen molar-refractivity contribution >= 4 is 22.3 Å². The van der Waals surface area contributed by atoms with E-state index in [-0.39, 0.29) is 5.97 Å². The van der Waals surface area contributed by atoms with Crippen LogP contribution in [0.5, 0.6) is 0 Å². The maximum absolute atomic E-state index is 12.0. The van der Waals surface area contributed by atoms with Crippen molar-refractivity contribution < 1.29 is 9.53 Å². The zero-order valence-corrected chi connectivity index (χ0v) is 14.8. The topological polar surface area (TPSA) is 43.6 Å². The molecule has 22 heavy (non-hydrogen) atoms. The molecule has 2 aromatic rings. The quantitative estimate of drug-likeness (QED) is 0.785. The third-order valence-electron chi connectivity index (χ3n) is 4.74. The summed E-state index contributed by atoms with van der Waals surface area (Å²) in [5.74, 6) is 0.404. The molecule has 2 aromatic heterocycles. The summed E-state index contributed by atoms with van der Waals surface area (Å²) >= 11 is 1.73. The first-order chi connectivity index (χ1) is 10.3. The smallest absolute Gasteiger partial charge is 0.358 e. The number of aryl methyl sites for hydroxylation is 2. The van der Waals surface area contributed by atoms with Crippen LogP contribution in [-0.2, 0) is 17.6 Å². The van der Waals surface area contributed by atoms with E-state index in [9.17, 15) is 4.79 Å². The fourth-order valence-corrected chi connectivity index (χ4v) is 4.63. The average molecular weight is 320 g/mol. The Morgan fingerprint density at radius 2 is 2.18 bits per heavy atom. The number of rotatable bonds is 2. The Balaban J connectivity index is 2.00. The highest BCUT2D eigenvalue weighted by atomic mass is 32.1. The number of carbonyl (C=O) groups excluding carboxylic acids is 1. The lowest BCUT2D eigenvalue weighted by Crippen LogP contribution is -2.26. The number of aromatic nitrogens is 2. The van der Waals surface area contributed by atoms with Gasteiger partial charge in [0.05, 0.1) is 12.3 Å². The number of ether oxygens (including phenoxy) is 1. The van der Waals surface area contributed by atoms with Crippen LogP contribution >= 0.6 is 11.3 Å². The molecule has 1 atom stereocenters. The normalized spacial score (nSPS) is 18.5. The molecule has 0 amide bonds. The van der Waals surface area contributed by atoms with E-state index in [0.29, 0.717) is 23.6 Å². The van der Waals surface area contributed by atoms with Gasteiger partial charge in [-0.1, -0.05) is 20.8 Å². The monoisotopic (exact) mass is 320 g/mol. The summed E-state index contributed by atoms with van der Waals surface area (Å²) in [6.45, 7) is 11.1. The van der Waals surface area contributed by atoms with Crippen molar-refractivity contribution in [2.45, 2.75) is 53.9 Å². The second-order valence-corrected chi connectivity index (χ2v) is 8.22. The van der Waals surface area contributed by atoms with Gasteiger partial charge < -0.3 is 4.74 Å². The van der Waals surface area contributed by atoms with E-state index in [1.165, 1.54) is 17.0 Å². The molecule has 4 nitrogen and oxygen atoms in total. The van der Waals surface area contributed by atoms with Crippen molar-refractivity contribution in [2.24, 2.45) is 11.3 Å². The third-order valence-corrected chi connectivity index (χ3v) is 5.84. The summed E-state index contributed by atoms with van der Waals surface area (Å²) in [6.07, 6.45) is 3.40. The summed E-state index contributed by atoms with van der Waals surface area (Å²) in [5.41, 5.74) is 3.07. The van der Waals surface area contributed by atoms with E-state index in [0.717, 1.165) is 23.5 Å². The lowest BCUT2D eigenvalue weighted by molar-refractivity contribution is 0.0519. The molecule has 0 fully saturated rings. The Morgan fingerprint density at radius 3 is 2.82 bits per heavy atom. The molecular weight excluding hydrogens is 296 g/mol. The second-order valence-electron chi connectivity index (χ2n) is 7.16. The van der Waals surface area contributed by atoms with Gasteiger partial charge in [-0.25, -0.2) is 9.78 Å². The van der Waals surface area contributed by atoms with Gasteiger partial charge in [0.15, 0.2) is 10.7 Å². The third kappa shape index (κ3) is 2.45. The Bertz CT molecular complexity index is 721. The Labute approximate surface area is 135 Å². The zero-order valence-electron chi connectivity index (χ0n) is 14.0. The van der Waals surface area contributed by atoms with Gasteiger partial charge in [-0.3, -0.25) is 4.40 Å². The zero-order chi connectivity index (χ0) is 16.1. The van der Waals surface area contributed by atoms with Crippen LogP contribution in [0.1, 0.15) is 60.9 Å². The van der Waals surface area contributed by atoms with Gasteiger partial charge in [-0.2, -0.15) is 0 Å². The van der Waals surface area contributed by atoms with Crippen molar-refractivity contribution in [2.75, 3.05) is 6.61 Å². The van der Waals surface area contributed by atoms with Crippen molar-refractivity contribution in [1.29, 1.82) is 0 Å². The Hall–Kier alpha value is -1.36. The van der Waals surface area contributed by atoms with Crippen LogP contribution in [0.2, 0.25) is 0 Å². The molecule has 5 heteroatoms. The minimum absolute atomic E-state index is 0.312. The van der Waals surface area contributed by atoms with Crippen LogP contribution < -0.4 is 0 Å². The number of fused-ring (bicyclic) bond motifs is 3. The predicted molar refractivity (Wildman–Crippen MR) is 88.7 cm³/mol. The van der Waals surface area contributed by atoms with E-state index in [4.69, 9.17) is 4.74 Å². The molecule has 0 saturated heterocycles. The highest BCUT2D eigenvalue weighted by molar-refractivity contribution is 7.17. The Morgan fingerprint density at radius 1 is 1.45 bits per heavy atom. The molecule has 0 aromatic carbocycles. The molecule has 0 saturated carbocycles. The van der Waals surface area contributed by atoms with Gasteiger partial charge in [0.1, 0.15) is 0 Å². The minimum atomic E-state index is -0.312. The molecule has 1 aliphatic carbocycles. The van der Waals surface area contributed by atoms with E-state index in [2.05, 4.69) is 30.2 Å². The van der Waals surface area contributed by atoms with Gasteiger partial charge in [0.2, 0.25) is 0 Å². The van der Waals surface area contributed by atoms with Gasteiger partial charge in [0, 0.05) is 10.6 Å². The first kappa shape index (κ1) is 15.5. The van der Waals surface area contributed by atoms with Gasteiger partial charge in [0.25, 0.3) is 0 Å². The largest absolute Gasteiger partial charge is 0.461 e. The molecule has 3 rings (SSSR count). The van der Waals surface area contributed by atoms with Gasteiger partial charge in [-0.15, -0.1) is 11.3 Å². The molecule has 0 spiro atoms. The first-order valence-electron chi connectivity index (χ1n) is 7.99. The number of hydrogen-bond donors (Lipinski definition) is 0. The molecular formula is C17H24N2O2S. The van der Waals surface area contributed by atoms with Crippen molar-refractivity contribution in [3.05, 3.63) is 22.0 Å². The molecule has 0 aliphatic heterocycles. The number of imidazole rings is 1. The molecule has 120 valence electrons. The number of thiazole rings is 1. The van der Waals surface area contributed by atoms with Crippen molar-refractivity contribution in [3.8, 4) is 0 Å². The molecule has 0 bridgehead atoms. The summed E-state index contributed by atoms with van der Waals surface area (Å²) in [6, 6.07) is 0. The van der Waals surface area contributed by atoms with Crippen LogP contribution in [-0.4, -0.2) is 22.0 Å². The van der Waals surface area contributed by atoms with E-state index in [1.54, 1.807) is 11.3 Å². The minimum Gasteiger partial charge on any atom is -0.461 e. The number of carbonyl (C=O) groups is 1. The fraction of sp³-hybridized carbons (Fsp3) is 0.647. The molecule has 2 heterocycles. The lowest BCUT2D eigenvalue weighted by atomic mass is 9.73. The predicted octanol–water partition coefficient (Wildman–Crippen LogP) is 4.03. The molecule has 0 N–H and O–H groups in total. The second kappa shape index (κ2) is 5.37. The highest BCUT2D eigenvalue weighted by Crippen LogP contribution is 2.40. The summed E-state index contributed by atoms with van der Waals surface area (Å²) < 4.78 is 7.28. The maximum atomic E-state index is 12.0. The van der Waals surface area contributed by atoms with E-state index < -0.39 is 0 Å². The van der Waals surface area contributed by atoms with Crippen molar-refractivity contribution in [3.63, 3.8) is 0 Å². The maximum Gasteiger partial charge on any atom is 0.358 e. The molecule has 0 radical (unpaired) electrons. The summed E-state index contributed by atoms with van der Waals surface area (Å²) in [4.78, 5) is 18.9. The fourth-order valence-electron chi connectivity index (χ4n) is 3.34. The van der Waals surface area contributed by atoms with Crippen LogP contribution in [0.15, 0.2) is 0 Å². The van der Waals surface area contributed by atoms with Crippen molar-refractivity contribution in [1.82, 2.24) is 9.38 Å². The van der Waals surface area contributed by atoms with E-state index >= 15 is 0 Å². The summed E-state index contributed by atoms with van der Waals surface area (Å²) in [7, 11) is 0. The standard InChI is InChI=1S/C17H24N2O2S/c1-6-21-15(20)14-10(2)19-12-8-7-11(17(3,4)5)9-13(12)22-16(19)18-14/h11H,6-9H2,1-5H3. The lowest BCUT2D eigenvalue weighted by Gasteiger charge is -2.33. The van der Waals surface area contributed by atoms with Gasteiger partial charge in [-0.05, 0) is 44.4 Å². The van der Waals surface area contributed by atoms with Crippen LogP contribution in [0, 0.1) is 18.3 Å². The highest BCUT2D eigenvalue weighted by Gasteiger charge is 2.32. The van der Waals surface area contributed by atoms with Crippen LogP contribution in [0.3, 0.4) is 0 Å². The average Bonchev–Trinajstić information content (AvgIpc) is 2.94. The Kier molecular flexibility index (Phi) is 3.79. The van der Waals surface area contributed by atoms with E-state index in [1.807, 2.05) is 13.8 Å². The SMILES string of the molecule is CCOC(=O)c1nc2sc3c(n2c1C)CCC(C(C)(C)C)C3. The number of nitrogens with zero attached hydrogens (tertiary/aromatic N) is 2. The van der Waals surface area contributed by atoms with Crippen LogP contribution in [0.25, 0.3) is 4.96 Å². The summed E-state index contributed by atoms with van der Waals surface area (Å²) in [5, 5.41) is 0. The van der Waals surface area contributed by atoms with Crippen LogP contribution in [0.4, 0.5) is 0 Å². The first-order valence-corrected chi connectivity index (χ1v) is 8.81.